The summed E-state index contributed by atoms with van der Waals surface area (Å²) in [6, 6.07) is 12.9. The number of hydrogen-bond acceptors (Lipinski definition) is 4. The van der Waals surface area contributed by atoms with Crippen LogP contribution in [0.15, 0.2) is 58.6 Å². The molecule has 3 aromatic rings. The number of benzene rings is 1. The Morgan fingerprint density at radius 1 is 1.08 bits per heavy atom. The minimum Gasteiger partial charge on any atom is -0.334 e. The van der Waals surface area contributed by atoms with E-state index in [0.29, 0.717) is 29.9 Å². The van der Waals surface area contributed by atoms with Crippen LogP contribution in [0.1, 0.15) is 32.5 Å². The number of carbonyl (C=O) groups is 2. The van der Waals surface area contributed by atoms with Crippen molar-refractivity contribution in [1.29, 1.82) is 0 Å². The summed E-state index contributed by atoms with van der Waals surface area (Å²) < 4.78 is 0. The number of rotatable bonds is 6. The fourth-order valence-electron chi connectivity index (χ4n) is 2.45. The molecule has 3 rings (SSSR count). The van der Waals surface area contributed by atoms with Crippen LogP contribution in [0.4, 0.5) is 5.69 Å². The van der Waals surface area contributed by atoms with Gasteiger partial charge in [-0.05, 0) is 41.9 Å². The van der Waals surface area contributed by atoms with Gasteiger partial charge in [0.15, 0.2) is 0 Å². The van der Waals surface area contributed by atoms with Crippen LogP contribution in [0.5, 0.6) is 0 Å². The number of thiophene rings is 2. The maximum Gasteiger partial charge on any atom is 0.256 e. The zero-order valence-electron chi connectivity index (χ0n) is 13.8. The minimum atomic E-state index is -0.206. The van der Waals surface area contributed by atoms with Crippen molar-refractivity contribution in [3.05, 3.63) is 74.6 Å². The van der Waals surface area contributed by atoms with Crippen molar-refractivity contribution in [2.24, 2.45) is 0 Å². The van der Waals surface area contributed by atoms with Crippen molar-refractivity contribution in [2.45, 2.75) is 13.5 Å². The molecule has 0 unspecified atom stereocenters. The van der Waals surface area contributed by atoms with Gasteiger partial charge >= 0.3 is 0 Å². The van der Waals surface area contributed by atoms with Gasteiger partial charge in [0, 0.05) is 16.8 Å². The summed E-state index contributed by atoms with van der Waals surface area (Å²) in [5.74, 6) is -0.292. The van der Waals surface area contributed by atoms with Gasteiger partial charge in [-0.1, -0.05) is 18.2 Å². The van der Waals surface area contributed by atoms with Gasteiger partial charge in [0.1, 0.15) is 0 Å². The molecule has 0 fully saturated rings. The third-order valence-electron chi connectivity index (χ3n) is 3.78. The van der Waals surface area contributed by atoms with Gasteiger partial charge < -0.3 is 10.2 Å². The molecule has 0 spiro atoms. The molecule has 2 amide bonds. The SMILES string of the molecule is CCN(Cc1cccs1)C(=O)c1ccccc1NC(=O)c1ccsc1. The minimum absolute atomic E-state index is 0.0860. The van der Waals surface area contributed by atoms with E-state index in [1.54, 1.807) is 39.8 Å². The molecule has 4 nitrogen and oxygen atoms in total. The van der Waals surface area contributed by atoms with E-state index in [1.165, 1.54) is 11.3 Å². The van der Waals surface area contributed by atoms with E-state index < -0.39 is 0 Å². The zero-order chi connectivity index (χ0) is 17.6. The van der Waals surface area contributed by atoms with Crippen LogP contribution < -0.4 is 5.32 Å². The van der Waals surface area contributed by atoms with E-state index in [1.807, 2.05) is 41.9 Å². The first-order chi connectivity index (χ1) is 12.2. The third kappa shape index (κ3) is 4.15. The third-order valence-corrected chi connectivity index (χ3v) is 5.33. The Morgan fingerprint density at radius 3 is 2.60 bits per heavy atom. The van der Waals surface area contributed by atoms with Gasteiger partial charge in [0.2, 0.25) is 0 Å². The predicted octanol–water partition coefficient (Wildman–Crippen LogP) is 4.72. The summed E-state index contributed by atoms with van der Waals surface area (Å²) >= 11 is 3.09. The molecule has 0 saturated carbocycles. The van der Waals surface area contributed by atoms with Gasteiger partial charge in [-0.3, -0.25) is 9.59 Å². The van der Waals surface area contributed by atoms with E-state index in [2.05, 4.69) is 5.32 Å². The molecule has 1 N–H and O–H groups in total. The lowest BCUT2D eigenvalue weighted by Gasteiger charge is -2.21. The van der Waals surface area contributed by atoms with Crippen molar-refractivity contribution < 1.29 is 9.59 Å². The number of carbonyl (C=O) groups excluding carboxylic acids is 2. The van der Waals surface area contributed by atoms with E-state index in [-0.39, 0.29) is 11.8 Å². The van der Waals surface area contributed by atoms with Crippen LogP contribution in [-0.4, -0.2) is 23.3 Å². The number of para-hydroxylation sites is 1. The van der Waals surface area contributed by atoms with Crippen LogP contribution in [-0.2, 0) is 6.54 Å². The highest BCUT2D eigenvalue weighted by atomic mass is 32.1. The second kappa shape index (κ2) is 8.09. The summed E-state index contributed by atoms with van der Waals surface area (Å²) in [5.41, 5.74) is 1.64. The van der Waals surface area contributed by atoms with Crippen LogP contribution in [0.3, 0.4) is 0 Å². The maximum atomic E-state index is 13.0. The number of nitrogens with zero attached hydrogens (tertiary/aromatic N) is 1. The Labute approximate surface area is 154 Å². The lowest BCUT2D eigenvalue weighted by molar-refractivity contribution is 0.0755. The fraction of sp³-hybridized carbons (Fsp3) is 0.158. The first kappa shape index (κ1) is 17.4. The van der Waals surface area contributed by atoms with Crippen molar-refractivity contribution in [3.8, 4) is 0 Å². The lowest BCUT2D eigenvalue weighted by atomic mass is 10.1. The summed E-state index contributed by atoms with van der Waals surface area (Å²) in [4.78, 5) is 28.2. The molecular formula is C19H18N2O2S2. The largest absolute Gasteiger partial charge is 0.334 e. The second-order valence-corrected chi connectivity index (χ2v) is 7.22. The highest BCUT2D eigenvalue weighted by Gasteiger charge is 2.19. The molecule has 0 radical (unpaired) electrons. The van der Waals surface area contributed by atoms with Crippen LogP contribution in [0, 0.1) is 0 Å². The first-order valence-corrected chi connectivity index (χ1v) is 9.75. The van der Waals surface area contributed by atoms with Gasteiger partial charge in [-0.2, -0.15) is 11.3 Å². The van der Waals surface area contributed by atoms with Gasteiger partial charge in [-0.15, -0.1) is 11.3 Å². The van der Waals surface area contributed by atoms with E-state index in [0.717, 1.165) is 4.88 Å². The molecule has 0 bridgehead atoms. The molecule has 0 aliphatic rings. The van der Waals surface area contributed by atoms with Crippen LogP contribution in [0.2, 0.25) is 0 Å². The van der Waals surface area contributed by atoms with E-state index in [4.69, 9.17) is 0 Å². The van der Waals surface area contributed by atoms with Crippen molar-refractivity contribution in [3.63, 3.8) is 0 Å². The quantitative estimate of drug-likeness (QED) is 0.682. The molecule has 1 aromatic carbocycles. The number of anilines is 1. The predicted molar refractivity (Wildman–Crippen MR) is 103 cm³/mol. The lowest BCUT2D eigenvalue weighted by Crippen LogP contribution is -2.31. The van der Waals surface area contributed by atoms with E-state index >= 15 is 0 Å². The molecule has 2 heterocycles. The monoisotopic (exact) mass is 370 g/mol. The summed E-state index contributed by atoms with van der Waals surface area (Å²) in [7, 11) is 0. The smallest absolute Gasteiger partial charge is 0.256 e. The first-order valence-electron chi connectivity index (χ1n) is 7.93. The van der Waals surface area contributed by atoms with Gasteiger partial charge in [0.05, 0.1) is 23.4 Å². The molecule has 0 saturated heterocycles. The van der Waals surface area contributed by atoms with Gasteiger partial charge in [0.25, 0.3) is 11.8 Å². The highest BCUT2D eigenvalue weighted by Crippen LogP contribution is 2.21. The molecule has 0 atom stereocenters. The molecule has 0 aliphatic carbocycles. The molecule has 0 aliphatic heterocycles. The fourth-order valence-corrected chi connectivity index (χ4v) is 3.81. The molecule has 128 valence electrons. The Morgan fingerprint density at radius 2 is 1.92 bits per heavy atom. The van der Waals surface area contributed by atoms with Crippen molar-refractivity contribution >= 4 is 40.2 Å². The average Bonchev–Trinajstić information content (AvgIpc) is 3.33. The van der Waals surface area contributed by atoms with E-state index in [9.17, 15) is 9.59 Å². The molecule has 2 aromatic heterocycles. The maximum absolute atomic E-state index is 13.0. The van der Waals surface area contributed by atoms with Crippen molar-refractivity contribution in [1.82, 2.24) is 4.90 Å². The van der Waals surface area contributed by atoms with Gasteiger partial charge in [-0.25, -0.2) is 0 Å². The molecular weight excluding hydrogens is 352 g/mol. The zero-order valence-corrected chi connectivity index (χ0v) is 15.4. The Kier molecular flexibility index (Phi) is 5.63. The summed E-state index contributed by atoms with van der Waals surface area (Å²) in [6.45, 7) is 3.13. The second-order valence-electron chi connectivity index (χ2n) is 5.41. The number of amides is 2. The number of nitrogens with one attached hydrogen (secondary N) is 1. The van der Waals surface area contributed by atoms with Crippen molar-refractivity contribution in [2.75, 3.05) is 11.9 Å². The Balaban J connectivity index is 1.81. The summed E-state index contributed by atoms with van der Waals surface area (Å²) in [5, 5.41) is 8.50. The number of hydrogen-bond donors (Lipinski definition) is 1. The summed E-state index contributed by atoms with van der Waals surface area (Å²) in [6.07, 6.45) is 0. The van der Waals surface area contributed by atoms with Crippen LogP contribution in [0.25, 0.3) is 0 Å². The standard InChI is InChI=1S/C19H18N2O2S2/c1-2-21(12-15-6-5-10-25-15)19(23)16-7-3-4-8-17(16)20-18(22)14-9-11-24-13-14/h3-11,13H,2,12H2,1H3,(H,20,22). The Hall–Kier alpha value is -2.44. The van der Waals surface area contributed by atoms with Crippen LogP contribution >= 0.6 is 22.7 Å². The topological polar surface area (TPSA) is 49.4 Å². The normalized spacial score (nSPS) is 10.4. The molecule has 6 heteroatoms. The Bertz CT molecular complexity index is 842. The average molecular weight is 370 g/mol. The molecule has 25 heavy (non-hydrogen) atoms. The highest BCUT2D eigenvalue weighted by molar-refractivity contribution is 7.09.